The minimum absolute atomic E-state index is 0.0633. The standard InChI is InChI=1S/C15H22N4O2/c1-18(2)13(20)12-9-15(11-21-12)5-3-8-19(10-15)14-16-6-4-7-17-14/h4,6-7,12H,3,5,8-11H2,1-2H3. The molecule has 1 amide bonds. The lowest BCUT2D eigenvalue weighted by molar-refractivity contribution is -0.138. The van der Waals surface area contributed by atoms with E-state index < -0.39 is 0 Å². The van der Waals surface area contributed by atoms with Crippen molar-refractivity contribution in [2.75, 3.05) is 38.7 Å². The van der Waals surface area contributed by atoms with Crippen molar-refractivity contribution in [2.24, 2.45) is 5.41 Å². The Balaban J connectivity index is 1.70. The number of hydrogen-bond acceptors (Lipinski definition) is 5. The van der Waals surface area contributed by atoms with Crippen LogP contribution in [0.25, 0.3) is 0 Å². The topological polar surface area (TPSA) is 58.6 Å². The quantitative estimate of drug-likeness (QED) is 0.811. The molecule has 2 unspecified atom stereocenters. The maximum atomic E-state index is 12.1. The number of rotatable bonds is 2. The Labute approximate surface area is 125 Å². The summed E-state index contributed by atoms with van der Waals surface area (Å²) in [6, 6.07) is 1.83. The molecule has 0 N–H and O–H groups in total. The Morgan fingerprint density at radius 3 is 2.90 bits per heavy atom. The third kappa shape index (κ3) is 2.85. The fraction of sp³-hybridized carbons (Fsp3) is 0.667. The molecule has 2 fully saturated rings. The fourth-order valence-corrected chi connectivity index (χ4v) is 3.35. The highest BCUT2D eigenvalue weighted by Crippen LogP contribution is 2.41. The SMILES string of the molecule is CN(C)C(=O)C1CC2(CCCN(c3ncccn3)C2)CO1. The van der Waals surface area contributed by atoms with E-state index in [0.29, 0.717) is 6.61 Å². The Bertz CT molecular complexity index is 508. The van der Waals surface area contributed by atoms with Gasteiger partial charge in [-0.15, -0.1) is 0 Å². The molecule has 21 heavy (non-hydrogen) atoms. The summed E-state index contributed by atoms with van der Waals surface area (Å²) in [6.45, 7) is 2.49. The molecule has 6 nitrogen and oxygen atoms in total. The predicted octanol–water partition coefficient (Wildman–Crippen LogP) is 0.940. The normalized spacial score (nSPS) is 28.9. The molecular weight excluding hydrogens is 268 g/mol. The first-order chi connectivity index (χ1) is 10.1. The molecule has 3 rings (SSSR count). The molecule has 0 radical (unpaired) electrons. The van der Waals surface area contributed by atoms with Crippen molar-refractivity contribution in [2.45, 2.75) is 25.4 Å². The average molecular weight is 290 g/mol. The molecule has 0 bridgehead atoms. The van der Waals surface area contributed by atoms with Crippen molar-refractivity contribution in [3.63, 3.8) is 0 Å². The summed E-state index contributed by atoms with van der Waals surface area (Å²) in [5.41, 5.74) is 0.0633. The van der Waals surface area contributed by atoms with E-state index in [-0.39, 0.29) is 17.4 Å². The van der Waals surface area contributed by atoms with Gasteiger partial charge in [0.05, 0.1) is 6.61 Å². The lowest BCUT2D eigenvalue weighted by Crippen LogP contribution is -2.45. The van der Waals surface area contributed by atoms with E-state index in [2.05, 4.69) is 14.9 Å². The van der Waals surface area contributed by atoms with Crippen LogP contribution in [0.5, 0.6) is 0 Å². The summed E-state index contributed by atoms with van der Waals surface area (Å²) in [4.78, 5) is 24.6. The van der Waals surface area contributed by atoms with E-state index in [1.807, 2.05) is 6.07 Å². The second-order valence-corrected chi connectivity index (χ2v) is 6.31. The van der Waals surface area contributed by atoms with Gasteiger partial charge in [-0.25, -0.2) is 9.97 Å². The maximum Gasteiger partial charge on any atom is 0.251 e. The van der Waals surface area contributed by atoms with Gasteiger partial charge in [0.1, 0.15) is 6.10 Å². The van der Waals surface area contributed by atoms with Crippen LogP contribution in [0.3, 0.4) is 0 Å². The molecule has 0 saturated carbocycles. The van der Waals surface area contributed by atoms with E-state index >= 15 is 0 Å². The van der Waals surface area contributed by atoms with Gasteiger partial charge in [0.25, 0.3) is 5.91 Å². The third-order valence-electron chi connectivity index (χ3n) is 4.42. The lowest BCUT2D eigenvalue weighted by atomic mass is 9.78. The van der Waals surface area contributed by atoms with Crippen LogP contribution in [0, 0.1) is 5.41 Å². The first-order valence-electron chi connectivity index (χ1n) is 7.44. The van der Waals surface area contributed by atoms with E-state index in [0.717, 1.165) is 38.3 Å². The number of ether oxygens (including phenoxy) is 1. The summed E-state index contributed by atoms with van der Waals surface area (Å²) < 4.78 is 5.79. The lowest BCUT2D eigenvalue weighted by Gasteiger charge is -2.39. The zero-order valence-electron chi connectivity index (χ0n) is 12.7. The molecule has 114 valence electrons. The van der Waals surface area contributed by atoms with Gasteiger partial charge in [-0.1, -0.05) is 0 Å². The summed E-state index contributed by atoms with van der Waals surface area (Å²) in [5.74, 6) is 0.846. The van der Waals surface area contributed by atoms with Crippen LogP contribution < -0.4 is 4.90 Å². The highest BCUT2D eigenvalue weighted by molar-refractivity contribution is 5.80. The second-order valence-electron chi connectivity index (χ2n) is 6.31. The molecule has 2 aliphatic rings. The number of aromatic nitrogens is 2. The number of piperidine rings is 1. The number of nitrogens with zero attached hydrogens (tertiary/aromatic N) is 4. The number of likely N-dealkylation sites (N-methyl/N-ethyl adjacent to an activating group) is 1. The molecule has 2 saturated heterocycles. The Kier molecular flexibility index (Phi) is 3.80. The van der Waals surface area contributed by atoms with Crippen LogP contribution in [-0.4, -0.2) is 60.7 Å². The van der Waals surface area contributed by atoms with Crippen molar-refractivity contribution < 1.29 is 9.53 Å². The van der Waals surface area contributed by atoms with E-state index in [9.17, 15) is 4.79 Å². The van der Waals surface area contributed by atoms with Gasteiger partial charge in [-0.2, -0.15) is 0 Å². The molecule has 0 aliphatic carbocycles. The van der Waals surface area contributed by atoms with Crippen molar-refractivity contribution >= 4 is 11.9 Å². The Hall–Kier alpha value is -1.69. The summed E-state index contributed by atoms with van der Waals surface area (Å²) in [6.07, 6.45) is 6.24. The van der Waals surface area contributed by atoms with Gasteiger partial charge in [0.2, 0.25) is 5.95 Å². The minimum Gasteiger partial charge on any atom is -0.368 e. The highest BCUT2D eigenvalue weighted by Gasteiger charge is 2.46. The van der Waals surface area contributed by atoms with Gasteiger partial charge < -0.3 is 14.5 Å². The van der Waals surface area contributed by atoms with E-state index in [1.165, 1.54) is 0 Å². The van der Waals surface area contributed by atoms with Crippen molar-refractivity contribution in [1.82, 2.24) is 14.9 Å². The first-order valence-corrected chi connectivity index (χ1v) is 7.44. The number of carbonyl (C=O) groups excluding carboxylic acids is 1. The van der Waals surface area contributed by atoms with Crippen LogP contribution in [0.15, 0.2) is 18.5 Å². The number of hydrogen-bond donors (Lipinski definition) is 0. The smallest absolute Gasteiger partial charge is 0.251 e. The van der Waals surface area contributed by atoms with Crippen LogP contribution >= 0.6 is 0 Å². The van der Waals surface area contributed by atoms with E-state index in [1.54, 1.807) is 31.4 Å². The molecule has 6 heteroatoms. The summed E-state index contributed by atoms with van der Waals surface area (Å²) in [5, 5.41) is 0. The van der Waals surface area contributed by atoms with Crippen LogP contribution in [0.4, 0.5) is 5.95 Å². The van der Waals surface area contributed by atoms with Gasteiger partial charge in [0.15, 0.2) is 0 Å². The molecular formula is C15H22N4O2. The van der Waals surface area contributed by atoms with Crippen molar-refractivity contribution in [3.05, 3.63) is 18.5 Å². The van der Waals surface area contributed by atoms with Crippen molar-refractivity contribution in [1.29, 1.82) is 0 Å². The monoisotopic (exact) mass is 290 g/mol. The van der Waals surface area contributed by atoms with Crippen LogP contribution in [0.1, 0.15) is 19.3 Å². The van der Waals surface area contributed by atoms with Gasteiger partial charge in [0, 0.05) is 45.0 Å². The maximum absolute atomic E-state index is 12.1. The molecule has 1 aromatic rings. The van der Waals surface area contributed by atoms with Gasteiger partial charge in [-0.05, 0) is 25.3 Å². The zero-order chi connectivity index (χ0) is 14.9. The Morgan fingerprint density at radius 1 is 1.43 bits per heavy atom. The fourth-order valence-electron chi connectivity index (χ4n) is 3.35. The molecule has 1 spiro atoms. The second kappa shape index (κ2) is 5.60. The molecule has 1 aromatic heterocycles. The van der Waals surface area contributed by atoms with Gasteiger partial charge >= 0.3 is 0 Å². The first kappa shape index (κ1) is 14.3. The third-order valence-corrected chi connectivity index (χ3v) is 4.42. The predicted molar refractivity (Wildman–Crippen MR) is 79.0 cm³/mol. The average Bonchev–Trinajstić information content (AvgIpc) is 2.90. The zero-order valence-corrected chi connectivity index (χ0v) is 12.7. The highest BCUT2D eigenvalue weighted by atomic mass is 16.5. The number of anilines is 1. The molecule has 3 heterocycles. The van der Waals surface area contributed by atoms with Crippen LogP contribution in [0.2, 0.25) is 0 Å². The van der Waals surface area contributed by atoms with Crippen LogP contribution in [-0.2, 0) is 9.53 Å². The van der Waals surface area contributed by atoms with E-state index in [4.69, 9.17) is 4.74 Å². The summed E-state index contributed by atoms with van der Waals surface area (Å²) in [7, 11) is 3.56. The van der Waals surface area contributed by atoms with Gasteiger partial charge in [-0.3, -0.25) is 4.79 Å². The van der Waals surface area contributed by atoms with Crippen molar-refractivity contribution in [3.8, 4) is 0 Å². The number of carbonyl (C=O) groups is 1. The molecule has 2 aliphatic heterocycles. The largest absolute Gasteiger partial charge is 0.368 e. The molecule has 2 atom stereocenters. The molecule has 0 aromatic carbocycles. The Morgan fingerprint density at radius 2 is 2.19 bits per heavy atom. The minimum atomic E-state index is -0.295. The number of amides is 1. The summed E-state index contributed by atoms with van der Waals surface area (Å²) >= 11 is 0.